The van der Waals surface area contributed by atoms with Crippen molar-refractivity contribution in [1.29, 1.82) is 0 Å². The second-order valence-corrected chi connectivity index (χ2v) is 6.90. The summed E-state index contributed by atoms with van der Waals surface area (Å²) < 4.78 is 12.8. The third-order valence-electron chi connectivity index (χ3n) is 3.27. The summed E-state index contributed by atoms with van der Waals surface area (Å²) in [7, 11) is -2.31. The Morgan fingerprint density at radius 2 is 1.29 bits per heavy atom. The van der Waals surface area contributed by atoms with Gasteiger partial charge in [0.25, 0.3) is 0 Å². The molecule has 1 aliphatic rings. The Labute approximate surface area is 102 Å². The lowest BCUT2D eigenvalue weighted by molar-refractivity contribution is 0.683. The molecule has 1 heterocycles. The predicted octanol–water partition coefficient (Wildman–Crippen LogP) is 3.42. The Kier molecular flexibility index (Phi) is 2.02. The molecule has 1 aliphatic heterocycles. The van der Waals surface area contributed by atoms with Gasteiger partial charge in [-0.15, -0.1) is 0 Å². The zero-order valence-electron chi connectivity index (χ0n) is 9.99. The highest BCUT2D eigenvalue weighted by molar-refractivity contribution is 8.01. The van der Waals surface area contributed by atoms with Gasteiger partial charge in [0.1, 0.15) is 0 Å². The summed E-state index contributed by atoms with van der Waals surface area (Å²) in [4.78, 5) is 1.77. The minimum atomic E-state index is -2.31. The largest absolute Gasteiger partial charge is 0.258 e. The Morgan fingerprint density at radius 1 is 0.882 bits per heavy atom. The van der Waals surface area contributed by atoms with E-state index < -0.39 is 9.52 Å². The highest BCUT2D eigenvalue weighted by Gasteiger charge is 2.27. The first-order chi connectivity index (χ1) is 8.00. The van der Waals surface area contributed by atoms with E-state index in [0.29, 0.717) is 0 Å². The molecule has 1 nitrogen and oxygen atoms in total. The molecule has 2 heteroatoms. The SMILES string of the molecule is C=S1(=O)c2cc(C)ccc2-c2ccc(C)cc21. The molecule has 0 fully saturated rings. The summed E-state index contributed by atoms with van der Waals surface area (Å²) in [5.74, 6) is 3.96. The maximum Gasteiger partial charge on any atom is 0.0432 e. The number of hydrogen-bond donors (Lipinski definition) is 0. The molecule has 0 spiro atoms. The topological polar surface area (TPSA) is 17.1 Å². The van der Waals surface area contributed by atoms with E-state index in [4.69, 9.17) is 0 Å². The maximum absolute atomic E-state index is 12.8. The minimum absolute atomic E-state index is 0.887. The van der Waals surface area contributed by atoms with Crippen LogP contribution in [0, 0.1) is 13.8 Å². The molecule has 2 aromatic rings. The Hall–Kier alpha value is -1.54. The van der Waals surface area contributed by atoms with E-state index in [1.165, 1.54) is 0 Å². The van der Waals surface area contributed by atoms with Crippen LogP contribution >= 0.6 is 0 Å². The van der Waals surface area contributed by atoms with E-state index in [1.807, 2.05) is 26.0 Å². The molecule has 0 amide bonds. The number of fused-ring (bicyclic) bond motifs is 3. The van der Waals surface area contributed by atoms with Crippen LogP contribution in [0.2, 0.25) is 0 Å². The molecular weight excluding hydrogens is 228 g/mol. The lowest BCUT2D eigenvalue weighted by Gasteiger charge is -2.04. The minimum Gasteiger partial charge on any atom is -0.258 e. The van der Waals surface area contributed by atoms with Crippen LogP contribution in [0.5, 0.6) is 0 Å². The summed E-state index contributed by atoms with van der Waals surface area (Å²) in [5, 5.41) is 0. The lowest BCUT2D eigenvalue weighted by Crippen LogP contribution is -1.96. The van der Waals surface area contributed by atoms with E-state index in [1.54, 1.807) is 0 Å². The monoisotopic (exact) mass is 242 g/mol. The van der Waals surface area contributed by atoms with Crippen LogP contribution in [0.25, 0.3) is 11.1 Å². The molecule has 0 radical (unpaired) electrons. The molecule has 17 heavy (non-hydrogen) atoms. The van der Waals surface area contributed by atoms with Gasteiger partial charge in [-0.1, -0.05) is 24.3 Å². The molecule has 0 bridgehead atoms. The van der Waals surface area contributed by atoms with E-state index in [0.717, 1.165) is 32.0 Å². The van der Waals surface area contributed by atoms with Crippen molar-refractivity contribution in [3.63, 3.8) is 0 Å². The Bertz CT molecular complexity index is 667. The zero-order chi connectivity index (χ0) is 12.2. The van der Waals surface area contributed by atoms with Gasteiger partial charge in [-0.05, 0) is 54.1 Å². The standard InChI is InChI=1S/C15H14OS/c1-10-4-6-12-13-7-5-11(2)9-15(13)17(3,16)14(12)8-10/h4-9H,3H2,1-2H3. The molecule has 0 aromatic heterocycles. The van der Waals surface area contributed by atoms with Crippen LogP contribution in [0.15, 0.2) is 46.2 Å². The smallest absolute Gasteiger partial charge is 0.0432 e. The number of benzene rings is 2. The number of aryl methyl sites for hydroxylation is 2. The van der Waals surface area contributed by atoms with Crippen LogP contribution in [0.3, 0.4) is 0 Å². The average molecular weight is 242 g/mol. The molecule has 0 N–H and O–H groups in total. The third-order valence-corrected chi connectivity index (χ3v) is 5.37. The first-order valence-corrected chi connectivity index (χ1v) is 7.32. The van der Waals surface area contributed by atoms with Crippen molar-refractivity contribution in [2.75, 3.05) is 0 Å². The van der Waals surface area contributed by atoms with Crippen LogP contribution in [-0.4, -0.2) is 10.1 Å². The quantitative estimate of drug-likeness (QED) is 0.552. The van der Waals surface area contributed by atoms with Gasteiger partial charge in [0.05, 0.1) is 0 Å². The van der Waals surface area contributed by atoms with Crippen LogP contribution in [0.4, 0.5) is 0 Å². The fourth-order valence-corrected chi connectivity index (χ4v) is 4.42. The molecule has 86 valence electrons. The third kappa shape index (κ3) is 1.37. The van der Waals surface area contributed by atoms with Gasteiger partial charge in [0.15, 0.2) is 0 Å². The fraction of sp³-hybridized carbons (Fsp3) is 0.133. The van der Waals surface area contributed by atoms with E-state index in [2.05, 4.69) is 30.1 Å². The molecular formula is C15H14OS. The van der Waals surface area contributed by atoms with Gasteiger partial charge in [0, 0.05) is 19.3 Å². The highest BCUT2D eigenvalue weighted by atomic mass is 32.2. The van der Waals surface area contributed by atoms with Gasteiger partial charge < -0.3 is 0 Å². The van der Waals surface area contributed by atoms with Gasteiger partial charge >= 0.3 is 0 Å². The number of rotatable bonds is 0. The second-order valence-electron chi connectivity index (χ2n) is 4.67. The van der Waals surface area contributed by atoms with Crippen molar-refractivity contribution in [2.45, 2.75) is 23.6 Å². The first kappa shape index (κ1) is 10.6. The molecule has 2 aromatic carbocycles. The van der Waals surface area contributed by atoms with Crippen molar-refractivity contribution >= 4 is 15.4 Å². The summed E-state index contributed by atoms with van der Waals surface area (Å²) >= 11 is 0. The maximum atomic E-state index is 12.8. The van der Waals surface area contributed by atoms with Crippen molar-refractivity contribution in [3.8, 4) is 11.1 Å². The lowest BCUT2D eigenvalue weighted by atomic mass is 10.0. The van der Waals surface area contributed by atoms with Crippen molar-refractivity contribution in [3.05, 3.63) is 47.5 Å². The summed E-state index contributed by atoms with van der Waals surface area (Å²) in [6.45, 7) is 4.04. The molecule has 0 saturated heterocycles. The van der Waals surface area contributed by atoms with Crippen LogP contribution in [0.1, 0.15) is 11.1 Å². The van der Waals surface area contributed by atoms with Crippen LogP contribution in [-0.2, 0) is 9.52 Å². The molecule has 0 saturated carbocycles. The first-order valence-electron chi connectivity index (χ1n) is 5.59. The van der Waals surface area contributed by atoms with Gasteiger partial charge in [-0.2, -0.15) is 0 Å². The second kappa shape index (κ2) is 3.23. The summed E-state index contributed by atoms with van der Waals surface area (Å²) in [6, 6.07) is 12.2. The fourth-order valence-electron chi connectivity index (χ4n) is 2.37. The van der Waals surface area contributed by atoms with E-state index >= 15 is 0 Å². The van der Waals surface area contributed by atoms with Crippen molar-refractivity contribution < 1.29 is 4.21 Å². The Balaban J connectivity index is 2.46. The number of hydrogen-bond acceptors (Lipinski definition) is 1. The van der Waals surface area contributed by atoms with Gasteiger partial charge in [-0.25, -0.2) is 0 Å². The van der Waals surface area contributed by atoms with Gasteiger partial charge in [0.2, 0.25) is 0 Å². The normalized spacial score (nSPS) is 15.4. The summed E-state index contributed by atoms with van der Waals surface area (Å²) in [6.07, 6.45) is 0. The highest BCUT2D eigenvalue weighted by Crippen LogP contribution is 2.43. The molecule has 0 atom stereocenters. The van der Waals surface area contributed by atoms with E-state index in [-0.39, 0.29) is 0 Å². The molecule has 0 aliphatic carbocycles. The molecule has 3 rings (SSSR count). The van der Waals surface area contributed by atoms with E-state index in [9.17, 15) is 4.21 Å². The van der Waals surface area contributed by atoms with Crippen LogP contribution < -0.4 is 0 Å². The Morgan fingerprint density at radius 3 is 1.71 bits per heavy atom. The average Bonchev–Trinajstić information content (AvgIpc) is 2.49. The zero-order valence-corrected chi connectivity index (χ0v) is 10.8. The van der Waals surface area contributed by atoms with Gasteiger partial charge in [-0.3, -0.25) is 4.21 Å². The predicted molar refractivity (Wildman–Crippen MR) is 73.1 cm³/mol. The van der Waals surface area contributed by atoms with Crippen molar-refractivity contribution in [1.82, 2.24) is 0 Å². The summed E-state index contributed by atoms with van der Waals surface area (Å²) in [5.41, 5.74) is 4.41. The molecule has 0 unspecified atom stereocenters. The van der Waals surface area contributed by atoms with Crippen molar-refractivity contribution in [2.24, 2.45) is 0 Å².